The van der Waals surface area contributed by atoms with E-state index in [0.29, 0.717) is 26.5 Å². The summed E-state index contributed by atoms with van der Waals surface area (Å²) in [5.74, 6) is -0.569. The van der Waals surface area contributed by atoms with Crippen molar-refractivity contribution >= 4 is 38.9 Å². The second-order valence-electron chi connectivity index (χ2n) is 7.47. The highest BCUT2D eigenvalue weighted by molar-refractivity contribution is 7.21. The molecule has 1 amide bonds. The quantitative estimate of drug-likeness (QED) is 0.651. The number of hydrogen-bond acceptors (Lipinski definition) is 4. The van der Waals surface area contributed by atoms with Crippen LogP contribution in [0.15, 0.2) is 42.5 Å². The number of fused-ring (bicyclic) bond motifs is 1. The van der Waals surface area contributed by atoms with Gasteiger partial charge in [0, 0.05) is 49.4 Å². The van der Waals surface area contributed by atoms with E-state index in [-0.39, 0.29) is 11.7 Å². The highest BCUT2D eigenvalue weighted by Crippen LogP contribution is 2.35. The number of benzene rings is 2. The van der Waals surface area contributed by atoms with Crippen molar-refractivity contribution in [1.29, 1.82) is 0 Å². The lowest BCUT2D eigenvalue weighted by atomic mass is 10.1. The molecule has 0 aliphatic carbocycles. The number of carbonyl (C=O) groups is 1. The Labute approximate surface area is 178 Å². The van der Waals surface area contributed by atoms with Gasteiger partial charge in [-0.15, -0.1) is 11.3 Å². The predicted molar refractivity (Wildman–Crippen MR) is 117 cm³/mol. The number of carbonyl (C=O) groups excluding carboxylic acids is 1. The summed E-state index contributed by atoms with van der Waals surface area (Å²) < 4.78 is 14.1. The maximum Gasteiger partial charge on any atom is 0.263 e. The lowest BCUT2D eigenvalue weighted by Crippen LogP contribution is -2.43. The van der Waals surface area contributed by atoms with Crippen LogP contribution in [0.5, 0.6) is 0 Å². The number of piperazine rings is 1. The summed E-state index contributed by atoms with van der Waals surface area (Å²) in [7, 11) is 2.15. The van der Waals surface area contributed by atoms with Crippen molar-refractivity contribution in [3.05, 3.63) is 69.3 Å². The summed E-state index contributed by atoms with van der Waals surface area (Å²) >= 11 is 7.56. The number of rotatable bonds is 5. The van der Waals surface area contributed by atoms with E-state index in [2.05, 4.69) is 34.3 Å². The standard InChI is InChI=1S/C22H23ClFN3OS/c1-26-7-9-27(10-8-26)14-16-4-2-3-15(11-16)13-25-22(28)21-20(23)18-6-5-17(24)12-19(18)29-21/h2-6,11-12H,7-10,13-14H2,1H3,(H,25,28). The number of nitrogens with one attached hydrogen (secondary N) is 1. The van der Waals surface area contributed by atoms with Gasteiger partial charge in [-0.2, -0.15) is 0 Å². The van der Waals surface area contributed by atoms with E-state index in [1.54, 1.807) is 6.07 Å². The van der Waals surface area contributed by atoms with E-state index in [4.69, 9.17) is 11.6 Å². The molecular weight excluding hydrogens is 409 g/mol. The first-order valence-electron chi connectivity index (χ1n) is 9.64. The van der Waals surface area contributed by atoms with Crippen molar-refractivity contribution in [3.63, 3.8) is 0 Å². The second-order valence-corrected chi connectivity index (χ2v) is 8.90. The van der Waals surface area contributed by atoms with Gasteiger partial charge in [0.15, 0.2) is 0 Å². The third-order valence-corrected chi connectivity index (χ3v) is 6.90. The van der Waals surface area contributed by atoms with Crippen LogP contribution in [0.1, 0.15) is 20.8 Å². The molecule has 2 aromatic carbocycles. The Morgan fingerprint density at radius 3 is 2.69 bits per heavy atom. The van der Waals surface area contributed by atoms with Crippen LogP contribution < -0.4 is 5.32 Å². The van der Waals surface area contributed by atoms with Crippen molar-refractivity contribution in [2.75, 3.05) is 33.2 Å². The van der Waals surface area contributed by atoms with Gasteiger partial charge < -0.3 is 10.2 Å². The molecular formula is C22H23ClFN3OS. The van der Waals surface area contributed by atoms with Crippen molar-refractivity contribution in [2.45, 2.75) is 13.1 Å². The number of amides is 1. The fraction of sp³-hybridized carbons (Fsp3) is 0.318. The van der Waals surface area contributed by atoms with Gasteiger partial charge in [0.05, 0.1) is 5.02 Å². The average Bonchev–Trinajstić information content (AvgIpc) is 3.04. The Morgan fingerprint density at radius 1 is 1.14 bits per heavy atom. The molecule has 1 aromatic heterocycles. The highest BCUT2D eigenvalue weighted by atomic mass is 35.5. The summed E-state index contributed by atoms with van der Waals surface area (Å²) in [4.78, 5) is 17.8. The molecule has 4 nitrogen and oxygen atoms in total. The largest absolute Gasteiger partial charge is 0.347 e. The van der Waals surface area contributed by atoms with Crippen LogP contribution in [0.25, 0.3) is 10.1 Å². The topological polar surface area (TPSA) is 35.6 Å². The lowest BCUT2D eigenvalue weighted by molar-refractivity contribution is 0.0955. The summed E-state index contributed by atoms with van der Waals surface area (Å²) in [5, 5.41) is 4.03. The van der Waals surface area contributed by atoms with Gasteiger partial charge in [-0.25, -0.2) is 4.39 Å². The molecule has 152 valence electrons. The van der Waals surface area contributed by atoms with Crippen LogP contribution in [-0.4, -0.2) is 48.9 Å². The second kappa shape index (κ2) is 8.79. The fourth-order valence-corrected chi connectivity index (χ4v) is 5.01. The van der Waals surface area contributed by atoms with Crippen LogP contribution in [0.4, 0.5) is 4.39 Å². The number of hydrogen-bond donors (Lipinski definition) is 1. The van der Waals surface area contributed by atoms with Gasteiger partial charge in [0.1, 0.15) is 10.7 Å². The molecule has 3 aromatic rings. The molecule has 4 rings (SSSR count). The van der Waals surface area contributed by atoms with Gasteiger partial charge in [0.2, 0.25) is 0 Å². The molecule has 0 spiro atoms. The number of nitrogens with zero attached hydrogens (tertiary/aromatic N) is 2. The lowest BCUT2D eigenvalue weighted by Gasteiger charge is -2.32. The summed E-state index contributed by atoms with van der Waals surface area (Å²) in [6, 6.07) is 12.7. The molecule has 1 saturated heterocycles. The molecule has 1 aliphatic heterocycles. The smallest absolute Gasteiger partial charge is 0.263 e. The van der Waals surface area contributed by atoms with Crippen LogP contribution in [-0.2, 0) is 13.1 Å². The molecule has 2 heterocycles. The van der Waals surface area contributed by atoms with Crippen LogP contribution >= 0.6 is 22.9 Å². The normalized spacial score (nSPS) is 15.7. The van der Waals surface area contributed by atoms with Gasteiger partial charge in [-0.1, -0.05) is 35.9 Å². The van der Waals surface area contributed by atoms with Crippen molar-refractivity contribution in [2.24, 2.45) is 0 Å². The maximum atomic E-state index is 13.4. The van der Waals surface area contributed by atoms with Gasteiger partial charge in [0.25, 0.3) is 5.91 Å². The fourth-order valence-electron chi connectivity index (χ4n) is 3.55. The Morgan fingerprint density at radius 2 is 1.90 bits per heavy atom. The van der Waals surface area contributed by atoms with Crippen LogP contribution in [0.3, 0.4) is 0 Å². The molecule has 29 heavy (non-hydrogen) atoms. The van der Waals surface area contributed by atoms with Gasteiger partial charge >= 0.3 is 0 Å². The Kier molecular flexibility index (Phi) is 6.15. The zero-order valence-corrected chi connectivity index (χ0v) is 17.8. The maximum absolute atomic E-state index is 13.4. The van der Waals surface area contributed by atoms with E-state index < -0.39 is 0 Å². The molecule has 1 N–H and O–H groups in total. The summed E-state index contributed by atoms with van der Waals surface area (Å²) in [6.07, 6.45) is 0. The Balaban J connectivity index is 1.40. The molecule has 7 heteroatoms. The first-order chi connectivity index (χ1) is 14.0. The molecule has 0 atom stereocenters. The first kappa shape index (κ1) is 20.3. The Bertz CT molecular complexity index is 1030. The van der Waals surface area contributed by atoms with E-state index in [0.717, 1.165) is 38.3 Å². The average molecular weight is 432 g/mol. The van der Waals surface area contributed by atoms with Crippen molar-refractivity contribution in [3.8, 4) is 0 Å². The third kappa shape index (κ3) is 4.78. The van der Waals surface area contributed by atoms with E-state index in [9.17, 15) is 9.18 Å². The monoisotopic (exact) mass is 431 g/mol. The summed E-state index contributed by atoms with van der Waals surface area (Å²) in [5.41, 5.74) is 2.30. The molecule has 0 radical (unpaired) electrons. The van der Waals surface area contributed by atoms with Crippen LogP contribution in [0, 0.1) is 5.82 Å². The van der Waals surface area contributed by atoms with Crippen molar-refractivity contribution < 1.29 is 9.18 Å². The Hall–Kier alpha value is -1.99. The zero-order chi connectivity index (χ0) is 20.4. The molecule has 0 unspecified atom stereocenters. The van der Waals surface area contributed by atoms with E-state index in [1.807, 2.05) is 12.1 Å². The molecule has 0 bridgehead atoms. The SMILES string of the molecule is CN1CCN(Cc2cccc(CNC(=O)c3sc4cc(F)ccc4c3Cl)c2)CC1. The van der Waals surface area contributed by atoms with Crippen molar-refractivity contribution in [1.82, 2.24) is 15.1 Å². The number of likely N-dealkylation sites (N-methyl/N-ethyl adjacent to an activating group) is 1. The number of halogens is 2. The third-order valence-electron chi connectivity index (χ3n) is 5.24. The minimum Gasteiger partial charge on any atom is -0.347 e. The molecule has 1 aliphatic rings. The molecule has 1 fully saturated rings. The summed E-state index contributed by atoms with van der Waals surface area (Å²) in [6.45, 7) is 5.67. The first-order valence-corrected chi connectivity index (χ1v) is 10.8. The number of thiophene rings is 1. The van der Waals surface area contributed by atoms with Gasteiger partial charge in [-0.3, -0.25) is 9.69 Å². The highest BCUT2D eigenvalue weighted by Gasteiger charge is 2.18. The van der Waals surface area contributed by atoms with Gasteiger partial charge in [-0.05, 0) is 36.4 Å². The minimum absolute atomic E-state index is 0.235. The molecule has 0 saturated carbocycles. The van der Waals surface area contributed by atoms with E-state index in [1.165, 1.54) is 29.0 Å². The van der Waals surface area contributed by atoms with E-state index >= 15 is 0 Å². The minimum atomic E-state index is -0.334. The van der Waals surface area contributed by atoms with Crippen LogP contribution in [0.2, 0.25) is 5.02 Å². The zero-order valence-electron chi connectivity index (χ0n) is 16.3. The predicted octanol–water partition coefficient (Wildman–Crippen LogP) is 4.37.